The number of hydrogen-bond donors (Lipinski definition) is 2. The van der Waals surface area contributed by atoms with E-state index in [9.17, 15) is 19.3 Å². The highest BCUT2D eigenvalue weighted by Gasteiger charge is 2.26. The number of ether oxygens (including phenoxy) is 2. The van der Waals surface area contributed by atoms with Crippen LogP contribution < -0.4 is 5.32 Å². The van der Waals surface area contributed by atoms with Gasteiger partial charge in [0, 0.05) is 20.1 Å². The molecule has 226 valence electrons. The molecule has 0 saturated carbocycles. The van der Waals surface area contributed by atoms with Gasteiger partial charge < -0.3 is 19.9 Å². The molecule has 0 heterocycles. The van der Waals surface area contributed by atoms with E-state index in [1.54, 1.807) is 20.8 Å². The second-order valence-corrected chi connectivity index (χ2v) is 12.3. The Hall–Kier alpha value is -1.19. The molecule has 1 unspecified atom stereocenters. The maximum atomic E-state index is 12.4. The Kier molecular flexibility index (Phi) is 21.9. The number of nitrogens with one attached hydrogen (secondary N) is 1. The lowest BCUT2D eigenvalue weighted by atomic mass is 10.0. The summed E-state index contributed by atoms with van der Waals surface area (Å²) in [6, 6.07) is 0. The third-order valence-electron chi connectivity index (χ3n) is 5.59. The van der Waals surface area contributed by atoms with Crippen molar-refractivity contribution in [2.24, 2.45) is 0 Å². The topological polar surface area (TPSA) is 130 Å². The summed E-state index contributed by atoms with van der Waals surface area (Å²) in [6.07, 6.45) is 14.5. The van der Waals surface area contributed by atoms with Gasteiger partial charge in [-0.2, -0.15) is 0 Å². The number of phosphoric acid groups is 1. The summed E-state index contributed by atoms with van der Waals surface area (Å²) in [5.74, 6) is -0.383. The molecule has 0 fully saturated rings. The van der Waals surface area contributed by atoms with Crippen LogP contribution in [0.5, 0.6) is 0 Å². The lowest BCUT2D eigenvalue weighted by Crippen LogP contribution is -2.34. The largest absolute Gasteiger partial charge is 0.474 e. The zero-order valence-electron chi connectivity index (χ0n) is 24.5. The molecule has 0 aromatic rings. The van der Waals surface area contributed by atoms with Crippen molar-refractivity contribution in [2.75, 3.05) is 33.5 Å². The average Bonchev–Trinajstić information content (AvgIpc) is 2.86. The van der Waals surface area contributed by atoms with E-state index >= 15 is 0 Å². The van der Waals surface area contributed by atoms with Gasteiger partial charge in [-0.1, -0.05) is 84.0 Å². The maximum Gasteiger partial charge on any atom is 0.474 e. The van der Waals surface area contributed by atoms with E-state index < -0.39 is 32.2 Å². The standard InChI is InChI=1S/C27H54NO9P/c1-6-7-8-9-10-11-12-13-14-15-16-17-18-19-25(30)34-22-24(29)23-36-38(32,33-5)35-21-20-28-26(31)37-27(2,3)4/h24,29H,6-23H2,1-5H3,(H,28,31)/t24-,38?/m0/s1. The van der Waals surface area contributed by atoms with E-state index in [0.29, 0.717) is 6.42 Å². The predicted molar refractivity (Wildman–Crippen MR) is 148 cm³/mol. The second kappa shape index (κ2) is 22.6. The summed E-state index contributed by atoms with van der Waals surface area (Å²) in [5, 5.41) is 12.4. The molecule has 0 rings (SSSR count). The van der Waals surface area contributed by atoms with Crippen molar-refractivity contribution in [1.29, 1.82) is 0 Å². The van der Waals surface area contributed by atoms with Gasteiger partial charge in [0.15, 0.2) is 0 Å². The molecule has 0 aliphatic carbocycles. The quantitative estimate of drug-likeness (QED) is 0.0745. The van der Waals surface area contributed by atoms with E-state index in [2.05, 4.69) is 12.2 Å². The molecule has 2 N–H and O–H groups in total. The molecule has 0 bridgehead atoms. The Balaban J connectivity index is 3.78. The number of carbonyl (C=O) groups excluding carboxylic acids is 2. The SMILES string of the molecule is CCCCCCCCCCCCCCCC(=O)OC[C@H](O)COP(=O)(OC)OCCNC(=O)OC(C)(C)C. The average molecular weight is 568 g/mol. The minimum absolute atomic E-state index is 0.0188. The first-order valence-electron chi connectivity index (χ1n) is 14.3. The Labute approximate surface area is 230 Å². The lowest BCUT2D eigenvalue weighted by Gasteiger charge is -2.20. The van der Waals surface area contributed by atoms with Crippen LogP contribution in [-0.2, 0) is 32.4 Å². The van der Waals surface area contributed by atoms with E-state index in [0.717, 1.165) is 26.4 Å². The Morgan fingerprint density at radius 1 is 0.842 bits per heavy atom. The Bertz CT molecular complexity index is 655. The van der Waals surface area contributed by atoms with Crippen LogP contribution in [0, 0.1) is 0 Å². The molecule has 0 aliphatic heterocycles. The highest BCUT2D eigenvalue weighted by atomic mass is 31.2. The summed E-state index contributed by atoms with van der Waals surface area (Å²) in [4.78, 5) is 23.5. The van der Waals surface area contributed by atoms with Gasteiger partial charge in [0.2, 0.25) is 0 Å². The fourth-order valence-electron chi connectivity index (χ4n) is 3.54. The molecule has 0 spiro atoms. The maximum absolute atomic E-state index is 12.4. The third-order valence-corrected chi connectivity index (χ3v) is 7.00. The predicted octanol–water partition coefficient (Wildman–Crippen LogP) is 6.68. The van der Waals surface area contributed by atoms with Gasteiger partial charge >= 0.3 is 19.9 Å². The van der Waals surface area contributed by atoms with Crippen LogP contribution in [0.4, 0.5) is 4.79 Å². The number of alkyl carbamates (subject to hydrolysis) is 1. The van der Waals surface area contributed by atoms with Crippen molar-refractivity contribution in [3.05, 3.63) is 0 Å². The molecule has 0 saturated heterocycles. The van der Waals surface area contributed by atoms with Crippen molar-refractivity contribution in [1.82, 2.24) is 5.32 Å². The zero-order valence-corrected chi connectivity index (χ0v) is 25.4. The van der Waals surface area contributed by atoms with Gasteiger partial charge in [-0.15, -0.1) is 0 Å². The number of rotatable bonds is 24. The number of phosphoric ester groups is 1. The molecule has 2 atom stereocenters. The number of unbranched alkanes of at least 4 members (excludes halogenated alkanes) is 12. The summed E-state index contributed by atoms with van der Waals surface area (Å²) < 4.78 is 37.5. The van der Waals surface area contributed by atoms with E-state index in [1.807, 2.05) is 0 Å². The van der Waals surface area contributed by atoms with Gasteiger partial charge in [0.1, 0.15) is 18.3 Å². The summed E-state index contributed by atoms with van der Waals surface area (Å²) in [6.45, 7) is 6.62. The van der Waals surface area contributed by atoms with Crippen LogP contribution >= 0.6 is 7.82 Å². The molecule has 0 aromatic heterocycles. The van der Waals surface area contributed by atoms with Gasteiger partial charge in [-0.25, -0.2) is 9.36 Å². The Morgan fingerprint density at radius 3 is 1.87 bits per heavy atom. The zero-order chi connectivity index (χ0) is 28.7. The van der Waals surface area contributed by atoms with Crippen LogP contribution in [0.25, 0.3) is 0 Å². The Morgan fingerprint density at radius 2 is 1.37 bits per heavy atom. The number of hydrogen-bond acceptors (Lipinski definition) is 9. The van der Waals surface area contributed by atoms with Crippen LogP contribution in [0.15, 0.2) is 0 Å². The van der Waals surface area contributed by atoms with E-state index in [1.165, 1.54) is 64.2 Å². The number of esters is 1. The van der Waals surface area contributed by atoms with Crippen LogP contribution in [-0.4, -0.2) is 62.3 Å². The molecule has 11 heteroatoms. The third kappa shape index (κ3) is 23.9. The first-order valence-corrected chi connectivity index (χ1v) is 15.7. The van der Waals surface area contributed by atoms with Crippen molar-refractivity contribution >= 4 is 19.9 Å². The smallest absolute Gasteiger partial charge is 0.463 e. The van der Waals surface area contributed by atoms with Crippen LogP contribution in [0.2, 0.25) is 0 Å². The molecule has 10 nitrogen and oxygen atoms in total. The van der Waals surface area contributed by atoms with Gasteiger partial charge in [0.05, 0.1) is 13.2 Å². The first-order chi connectivity index (χ1) is 18.0. The monoisotopic (exact) mass is 567 g/mol. The van der Waals surface area contributed by atoms with Crippen molar-refractivity contribution in [2.45, 2.75) is 129 Å². The van der Waals surface area contributed by atoms with Gasteiger partial charge in [-0.05, 0) is 27.2 Å². The highest BCUT2D eigenvalue weighted by molar-refractivity contribution is 7.48. The molecule has 0 aromatic carbocycles. The highest BCUT2D eigenvalue weighted by Crippen LogP contribution is 2.48. The summed E-state index contributed by atoms with van der Waals surface area (Å²) in [5.41, 5.74) is -0.637. The van der Waals surface area contributed by atoms with Crippen molar-refractivity contribution in [3.63, 3.8) is 0 Å². The fourth-order valence-corrected chi connectivity index (χ4v) is 4.50. The van der Waals surface area contributed by atoms with Gasteiger partial charge in [-0.3, -0.25) is 18.4 Å². The van der Waals surface area contributed by atoms with Crippen molar-refractivity contribution < 1.29 is 42.3 Å². The summed E-state index contributed by atoms with van der Waals surface area (Å²) in [7, 11) is -2.80. The number of carbonyl (C=O) groups is 2. The molecular formula is C27H54NO9P. The number of aliphatic hydroxyl groups is 1. The minimum Gasteiger partial charge on any atom is -0.463 e. The number of amides is 1. The molecule has 0 radical (unpaired) electrons. The van der Waals surface area contributed by atoms with Gasteiger partial charge in [0.25, 0.3) is 0 Å². The summed E-state index contributed by atoms with van der Waals surface area (Å²) >= 11 is 0. The van der Waals surface area contributed by atoms with Crippen molar-refractivity contribution in [3.8, 4) is 0 Å². The van der Waals surface area contributed by atoms with E-state index in [-0.39, 0.29) is 25.7 Å². The minimum atomic E-state index is -3.94. The molecule has 38 heavy (non-hydrogen) atoms. The van der Waals surface area contributed by atoms with E-state index in [4.69, 9.17) is 23.0 Å². The lowest BCUT2D eigenvalue weighted by molar-refractivity contribution is -0.147. The van der Waals surface area contributed by atoms with Crippen LogP contribution in [0.1, 0.15) is 118 Å². The second-order valence-electron chi connectivity index (χ2n) is 10.5. The normalized spacial score (nSPS) is 14.1. The molecular weight excluding hydrogens is 513 g/mol. The molecule has 0 aliphatic rings. The fraction of sp³-hybridized carbons (Fsp3) is 0.926. The number of aliphatic hydroxyl groups excluding tert-OH is 1. The first kappa shape index (κ1) is 36.8. The van der Waals surface area contributed by atoms with Crippen LogP contribution in [0.3, 0.4) is 0 Å². The molecule has 1 amide bonds.